The number of carboxylic acids is 1. The molecular formula is C3H8NO2P. The highest BCUT2D eigenvalue weighted by molar-refractivity contribution is 7.17. The van der Waals surface area contributed by atoms with E-state index in [9.17, 15) is 4.79 Å². The van der Waals surface area contributed by atoms with Gasteiger partial charge in [-0.05, 0) is 0 Å². The van der Waals surface area contributed by atoms with Gasteiger partial charge in [0.25, 0.3) is 0 Å². The van der Waals surface area contributed by atoms with Crippen molar-refractivity contribution in [2.45, 2.75) is 12.2 Å². The summed E-state index contributed by atoms with van der Waals surface area (Å²) in [4.78, 5) is 9.72. The van der Waals surface area contributed by atoms with E-state index >= 15 is 0 Å². The minimum Gasteiger partial charge on any atom is -0.481 e. The van der Waals surface area contributed by atoms with Crippen molar-refractivity contribution in [2.24, 2.45) is 5.73 Å². The van der Waals surface area contributed by atoms with Crippen molar-refractivity contribution in [1.82, 2.24) is 0 Å². The summed E-state index contributed by atoms with van der Waals surface area (Å²) in [7, 11) is 2.20. The van der Waals surface area contributed by atoms with Gasteiger partial charge < -0.3 is 10.8 Å². The molecule has 0 radical (unpaired) electrons. The maximum atomic E-state index is 9.72. The van der Waals surface area contributed by atoms with Gasteiger partial charge in [-0.1, -0.05) is 0 Å². The van der Waals surface area contributed by atoms with E-state index in [-0.39, 0.29) is 12.2 Å². The van der Waals surface area contributed by atoms with E-state index in [2.05, 4.69) is 9.24 Å². The van der Waals surface area contributed by atoms with Crippen LogP contribution < -0.4 is 5.73 Å². The van der Waals surface area contributed by atoms with Gasteiger partial charge in [-0.3, -0.25) is 4.79 Å². The lowest BCUT2D eigenvalue weighted by atomic mass is 10.4. The van der Waals surface area contributed by atoms with Crippen molar-refractivity contribution >= 4 is 15.2 Å². The number of aliphatic carboxylic acids is 1. The number of nitrogens with two attached hydrogens (primary N) is 1. The van der Waals surface area contributed by atoms with Crippen molar-refractivity contribution < 1.29 is 9.90 Å². The molecule has 0 bridgehead atoms. The molecule has 2 atom stereocenters. The third kappa shape index (κ3) is 5.86. The number of carboxylic acid groups (broad SMARTS) is 1. The first-order valence-electron chi connectivity index (χ1n) is 1.86. The fourth-order valence-corrected chi connectivity index (χ4v) is 0.403. The van der Waals surface area contributed by atoms with Crippen molar-refractivity contribution in [3.8, 4) is 0 Å². The second kappa shape index (κ2) is 2.94. The van der Waals surface area contributed by atoms with E-state index in [1.165, 1.54) is 0 Å². The lowest BCUT2D eigenvalue weighted by molar-refractivity contribution is -0.136. The second-order valence-corrected chi connectivity index (χ2v) is 2.12. The highest BCUT2D eigenvalue weighted by Crippen LogP contribution is 1.94. The smallest absolute Gasteiger partial charge is 0.305 e. The Bertz CT molecular complexity index is 73.3. The molecule has 7 heavy (non-hydrogen) atoms. The summed E-state index contributed by atoms with van der Waals surface area (Å²) in [5.74, 6) is -1.17. The molecule has 0 aromatic carbocycles. The summed E-state index contributed by atoms with van der Waals surface area (Å²) in [6.45, 7) is 0. The van der Waals surface area contributed by atoms with E-state index in [1.54, 1.807) is 0 Å². The van der Waals surface area contributed by atoms with E-state index < -0.39 is 5.97 Å². The first kappa shape index (κ1) is 6.86. The number of hydrogen-bond donors (Lipinski definition) is 2. The van der Waals surface area contributed by atoms with Crippen LogP contribution in [0.25, 0.3) is 0 Å². The molecule has 0 aromatic heterocycles. The summed E-state index contributed by atoms with van der Waals surface area (Å²) in [6.07, 6.45) is 0.0185. The van der Waals surface area contributed by atoms with Crippen LogP contribution in [0.2, 0.25) is 0 Å². The van der Waals surface area contributed by atoms with E-state index in [0.717, 1.165) is 0 Å². The van der Waals surface area contributed by atoms with Crippen LogP contribution in [0.1, 0.15) is 6.42 Å². The molecule has 0 aliphatic heterocycles. The predicted molar refractivity (Wildman–Crippen MR) is 29.9 cm³/mol. The van der Waals surface area contributed by atoms with Gasteiger partial charge in [0.05, 0.1) is 6.42 Å². The van der Waals surface area contributed by atoms with Gasteiger partial charge in [0.2, 0.25) is 0 Å². The lowest BCUT2D eigenvalue weighted by Crippen LogP contribution is -2.15. The monoisotopic (exact) mass is 121 g/mol. The van der Waals surface area contributed by atoms with Crippen LogP contribution in [0, 0.1) is 0 Å². The Kier molecular flexibility index (Phi) is 2.88. The van der Waals surface area contributed by atoms with Gasteiger partial charge in [0.1, 0.15) is 0 Å². The Morgan fingerprint density at radius 3 is 2.43 bits per heavy atom. The maximum Gasteiger partial charge on any atom is 0.305 e. The number of rotatable bonds is 2. The highest BCUT2D eigenvalue weighted by Gasteiger charge is 1.98. The fourth-order valence-electron chi connectivity index (χ4n) is 0.202. The normalized spacial score (nSPS) is 13.4. The molecule has 0 rings (SSSR count). The minimum atomic E-state index is -0.859. The van der Waals surface area contributed by atoms with Crippen LogP contribution in [0.5, 0.6) is 0 Å². The molecule has 0 fully saturated rings. The van der Waals surface area contributed by atoms with Crippen LogP contribution in [-0.4, -0.2) is 16.9 Å². The molecule has 3 nitrogen and oxygen atoms in total. The molecule has 0 heterocycles. The van der Waals surface area contributed by atoms with Gasteiger partial charge in [0.15, 0.2) is 0 Å². The SMILES string of the molecule is NC(P)CC(=O)O. The molecule has 2 unspecified atom stereocenters. The quantitative estimate of drug-likeness (QED) is 0.489. The minimum absolute atomic E-state index is 0.0185. The molecule has 0 amide bonds. The molecule has 0 spiro atoms. The molecular weight excluding hydrogens is 113 g/mol. The Morgan fingerprint density at radius 1 is 2.00 bits per heavy atom. The van der Waals surface area contributed by atoms with Crippen molar-refractivity contribution in [3.05, 3.63) is 0 Å². The van der Waals surface area contributed by atoms with Gasteiger partial charge in [-0.15, -0.1) is 9.24 Å². The van der Waals surface area contributed by atoms with Gasteiger partial charge >= 0.3 is 5.97 Å². The van der Waals surface area contributed by atoms with E-state index in [0.29, 0.717) is 0 Å². The predicted octanol–water partition coefficient (Wildman–Crippen LogP) is -0.379. The molecule has 0 aromatic rings. The van der Waals surface area contributed by atoms with Crippen molar-refractivity contribution in [2.75, 3.05) is 0 Å². The molecule has 0 aliphatic carbocycles. The van der Waals surface area contributed by atoms with Crippen LogP contribution >= 0.6 is 9.24 Å². The molecule has 42 valence electrons. The average Bonchev–Trinajstić information content (AvgIpc) is 1.27. The zero-order valence-electron chi connectivity index (χ0n) is 3.79. The van der Waals surface area contributed by atoms with Gasteiger partial charge in [-0.2, -0.15) is 0 Å². The molecule has 0 aliphatic rings. The number of hydrogen-bond acceptors (Lipinski definition) is 2. The van der Waals surface area contributed by atoms with Gasteiger partial charge in [0, 0.05) is 5.78 Å². The largest absolute Gasteiger partial charge is 0.481 e. The molecule has 3 N–H and O–H groups in total. The topological polar surface area (TPSA) is 63.3 Å². The summed E-state index contributed by atoms with van der Waals surface area (Å²) in [6, 6.07) is 0. The van der Waals surface area contributed by atoms with Crippen LogP contribution in [0.15, 0.2) is 0 Å². The molecule has 0 saturated heterocycles. The molecule has 4 heteroatoms. The van der Waals surface area contributed by atoms with Crippen LogP contribution in [0.4, 0.5) is 0 Å². The van der Waals surface area contributed by atoms with Crippen LogP contribution in [0.3, 0.4) is 0 Å². The van der Waals surface area contributed by atoms with E-state index in [1.807, 2.05) is 0 Å². The Labute approximate surface area is 44.1 Å². The Hall–Kier alpha value is -0.140. The third-order valence-electron chi connectivity index (χ3n) is 0.410. The summed E-state index contributed by atoms with van der Waals surface area (Å²) in [5, 5.41) is 7.99. The first-order valence-corrected chi connectivity index (χ1v) is 2.52. The van der Waals surface area contributed by atoms with Crippen LogP contribution in [-0.2, 0) is 4.79 Å². The van der Waals surface area contributed by atoms with Crippen molar-refractivity contribution in [3.63, 3.8) is 0 Å². The Balaban J connectivity index is 3.13. The summed E-state index contributed by atoms with van der Waals surface area (Å²) < 4.78 is 0. The zero-order chi connectivity index (χ0) is 5.86. The average molecular weight is 121 g/mol. The number of carbonyl (C=O) groups is 1. The Morgan fingerprint density at radius 2 is 2.43 bits per heavy atom. The van der Waals surface area contributed by atoms with Gasteiger partial charge in [-0.25, -0.2) is 0 Å². The first-order chi connectivity index (χ1) is 3.13. The molecule has 0 saturated carbocycles. The van der Waals surface area contributed by atoms with E-state index in [4.69, 9.17) is 10.8 Å². The highest BCUT2D eigenvalue weighted by atomic mass is 31.0. The second-order valence-electron chi connectivity index (χ2n) is 1.26. The maximum absolute atomic E-state index is 9.72. The lowest BCUT2D eigenvalue weighted by Gasteiger charge is -1.95. The fraction of sp³-hybridized carbons (Fsp3) is 0.667. The standard InChI is InChI=1S/C3H8NO2P/c4-2(7)1-3(5)6/h2H,1,4,7H2,(H,5,6). The third-order valence-corrected chi connectivity index (χ3v) is 0.646. The van der Waals surface area contributed by atoms with Crippen molar-refractivity contribution in [1.29, 1.82) is 0 Å². The zero-order valence-corrected chi connectivity index (χ0v) is 4.95. The summed E-state index contributed by atoms with van der Waals surface area (Å²) in [5.41, 5.74) is 5.08. The summed E-state index contributed by atoms with van der Waals surface area (Å²) >= 11 is 0.